The lowest BCUT2D eigenvalue weighted by Gasteiger charge is -2.08. The molecule has 6 heteroatoms. The number of nitrogens with zero attached hydrogens (tertiary/aromatic N) is 2. The molecule has 96 valence electrons. The summed E-state index contributed by atoms with van der Waals surface area (Å²) in [5.41, 5.74) is 1.30. The van der Waals surface area contributed by atoms with Crippen LogP contribution in [0.5, 0.6) is 0 Å². The number of hydrogen-bond acceptors (Lipinski definition) is 3. The zero-order chi connectivity index (χ0) is 13.3. The zero-order valence-electron chi connectivity index (χ0n) is 9.98. The van der Waals surface area contributed by atoms with Crippen LogP contribution >= 0.6 is 11.8 Å². The van der Waals surface area contributed by atoms with Crippen LogP contribution in [0.4, 0.5) is 8.78 Å². The number of rotatable bonds is 3. The molecule has 0 atom stereocenters. The van der Waals surface area contributed by atoms with E-state index in [1.165, 1.54) is 4.57 Å². The van der Waals surface area contributed by atoms with E-state index < -0.39 is 6.43 Å². The molecule has 1 heterocycles. The molecular weight excluding hydrogens is 258 g/mol. The van der Waals surface area contributed by atoms with Gasteiger partial charge in [-0.3, -0.25) is 9.36 Å². The summed E-state index contributed by atoms with van der Waals surface area (Å²) in [6.07, 6.45) is -2.42. The molecule has 0 saturated carbocycles. The molecule has 2 rings (SSSR count). The van der Waals surface area contributed by atoms with Crippen LogP contribution in [0.3, 0.4) is 0 Å². The number of thioether (sulfide) groups is 1. The Morgan fingerprint density at radius 3 is 2.83 bits per heavy atom. The van der Waals surface area contributed by atoms with Crippen molar-refractivity contribution in [3.8, 4) is 0 Å². The summed E-state index contributed by atoms with van der Waals surface area (Å²) in [5.74, 6) is -0.363. The van der Waals surface area contributed by atoms with Gasteiger partial charge in [0.15, 0.2) is 5.16 Å². The highest BCUT2D eigenvalue weighted by Crippen LogP contribution is 2.19. The molecule has 0 N–H and O–H groups in total. The third-order valence-corrected chi connectivity index (χ3v) is 3.57. The average molecular weight is 270 g/mol. The third-order valence-electron chi connectivity index (χ3n) is 2.53. The molecule has 1 aromatic carbocycles. The normalized spacial score (nSPS) is 11.4. The first-order chi connectivity index (χ1) is 8.49. The van der Waals surface area contributed by atoms with Crippen LogP contribution < -0.4 is 5.56 Å². The number of hydrogen-bond donors (Lipinski definition) is 0. The van der Waals surface area contributed by atoms with E-state index in [-0.39, 0.29) is 11.3 Å². The summed E-state index contributed by atoms with van der Waals surface area (Å²) < 4.78 is 25.7. The van der Waals surface area contributed by atoms with Crippen LogP contribution in [0, 0.1) is 6.92 Å². The predicted octanol–water partition coefficient (Wildman–Crippen LogP) is 2.60. The van der Waals surface area contributed by atoms with Crippen molar-refractivity contribution < 1.29 is 8.78 Å². The summed E-state index contributed by atoms with van der Waals surface area (Å²) in [6, 6.07) is 5.33. The topological polar surface area (TPSA) is 34.9 Å². The Balaban J connectivity index is 2.54. The minimum absolute atomic E-state index is 0.208. The number of aromatic nitrogens is 2. The monoisotopic (exact) mass is 270 g/mol. The van der Waals surface area contributed by atoms with Crippen LogP contribution in [0.15, 0.2) is 28.2 Å². The fraction of sp³-hybridized carbons (Fsp3) is 0.333. The minimum atomic E-state index is -2.42. The number of fused-ring (bicyclic) bond motifs is 1. The lowest BCUT2D eigenvalue weighted by molar-refractivity contribution is 0.176. The van der Waals surface area contributed by atoms with Crippen molar-refractivity contribution in [2.45, 2.75) is 18.5 Å². The molecule has 0 aliphatic heterocycles. The van der Waals surface area contributed by atoms with E-state index in [1.54, 1.807) is 19.2 Å². The van der Waals surface area contributed by atoms with Crippen LogP contribution in [0.25, 0.3) is 10.9 Å². The maximum atomic E-state index is 12.2. The molecule has 0 fully saturated rings. The molecule has 0 saturated heterocycles. The highest BCUT2D eigenvalue weighted by Gasteiger charge is 2.11. The Morgan fingerprint density at radius 1 is 1.44 bits per heavy atom. The van der Waals surface area contributed by atoms with Gasteiger partial charge in [0.05, 0.1) is 16.7 Å². The van der Waals surface area contributed by atoms with Gasteiger partial charge in [-0.2, -0.15) is 0 Å². The summed E-state index contributed by atoms with van der Waals surface area (Å²) >= 11 is 0.890. The van der Waals surface area contributed by atoms with Gasteiger partial charge in [0, 0.05) is 7.05 Å². The molecule has 0 unspecified atom stereocenters. The SMILES string of the molecule is Cc1ccc2nc(SCC(F)F)n(C)c(=O)c2c1. The van der Waals surface area contributed by atoms with Crippen molar-refractivity contribution in [1.82, 2.24) is 9.55 Å². The van der Waals surface area contributed by atoms with Crippen molar-refractivity contribution in [3.63, 3.8) is 0 Å². The highest BCUT2D eigenvalue weighted by atomic mass is 32.2. The predicted molar refractivity (Wildman–Crippen MR) is 68.4 cm³/mol. The van der Waals surface area contributed by atoms with Crippen LogP contribution in [0.2, 0.25) is 0 Å². The van der Waals surface area contributed by atoms with Crippen LogP contribution in [-0.4, -0.2) is 21.7 Å². The molecule has 0 bridgehead atoms. The largest absolute Gasteiger partial charge is 0.290 e. The first-order valence-electron chi connectivity index (χ1n) is 5.37. The molecule has 2 aromatic rings. The fourth-order valence-electron chi connectivity index (χ4n) is 1.63. The van der Waals surface area contributed by atoms with Gasteiger partial charge in [0.25, 0.3) is 5.56 Å². The second-order valence-corrected chi connectivity index (χ2v) is 4.97. The van der Waals surface area contributed by atoms with Gasteiger partial charge in [0.1, 0.15) is 0 Å². The maximum absolute atomic E-state index is 12.2. The van der Waals surface area contributed by atoms with Gasteiger partial charge in [-0.25, -0.2) is 13.8 Å². The molecule has 18 heavy (non-hydrogen) atoms. The van der Waals surface area contributed by atoms with Gasteiger partial charge in [-0.1, -0.05) is 23.4 Å². The van der Waals surface area contributed by atoms with Gasteiger partial charge in [-0.05, 0) is 19.1 Å². The number of halogens is 2. The lowest BCUT2D eigenvalue weighted by atomic mass is 10.2. The van der Waals surface area contributed by atoms with Crippen molar-refractivity contribution in [2.75, 3.05) is 5.75 Å². The summed E-state index contributed by atoms with van der Waals surface area (Å²) in [6.45, 7) is 1.89. The van der Waals surface area contributed by atoms with Crippen molar-refractivity contribution in [2.24, 2.45) is 7.05 Å². The third kappa shape index (κ3) is 2.53. The number of alkyl halides is 2. The average Bonchev–Trinajstić information content (AvgIpc) is 2.32. The Morgan fingerprint density at radius 2 is 2.17 bits per heavy atom. The van der Waals surface area contributed by atoms with E-state index >= 15 is 0 Å². The van der Waals surface area contributed by atoms with Gasteiger partial charge in [0.2, 0.25) is 6.43 Å². The summed E-state index contributed by atoms with van der Waals surface area (Å²) in [7, 11) is 1.55. The molecule has 1 aromatic heterocycles. The summed E-state index contributed by atoms with van der Waals surface area (Å²) in [4.78, 5) is 16.3. The van der Waals surface area contributed by atoms with Crippen LogP contribution in [-0.2, 0) is 7.05 Å². The Hall–Kier alpha value is -1.43. The Kier molecular flexibility index (Phi) is 3.65. The molecule has 0 amide bonds. The quantitative estimate of drug-likeness (QED) is 0.635. The van der Waals surface area contributed by atoms with E-state index in [2.05, 4.69) is 4.98 Å². The van der Waals surface area contributed by atoms with Crippen molar-refractivity contribution in [1.29, 1.82) is 0 Å². The van der Waals surface area contributed by atoms with E-state index in [0.717, 1.165) is 17.3 Å². The fourth-order valence-corrected chi connectivity index (χ4v) is 2.35. The van der Waals surface area contributed by atoms with Crippen LogP contribution in [0.1, 0.15) is 5.56 Å². The molecular formula is C12H12F2N2OS. The smallest absolute Gasteiger partial charge is 0.261 e. The van der Waals surface area contributed by atoms with E-state index in [9.17, 15) is 13.6 Å². The molecule has 3 nitrogen and oxygen atoms in total. The van der Waals surface area contributed by atoms with Gasteiger partial charge in [-0.15, -0.1) is 0 Å². The zero-order valence-corrected chi connectivity index (χ0v) is 10.8. The molecule has 0 aliphatic carbocycles. The highest BCUT2D eigenvalue weighted by molar-refractivity contribution is 7.99. The Labute approximate surface area is 107 Å². The second kappa shape index (κ2) is 5.06. The number of benzene rings is 1. The maximum Gasteiger partial charge on any atom is 0.261 e. The molecule has 0 radical (unpaired) electrons. The first-order valence-corrected chi connectivity index (χ1v) is 6.36. The Bertz CT molecular complexity index is 640. The van der Waals surface area contributed by atoms with Gasteiger partial charge >= 0.3 is 0 Å². The molecule has 0 aliphatic rings. The van der Waals surface area contributed by atoms with E-state index in [4.69, 9.17) is 0 Å². The lowest BCUT2D eigenvalue weighted by Crippen LogP contribution is -2.20. The minimum Gasteiger partial charge on any atom is -0.290 e. The van der Waals surface area contributed by atoms with Gasteiger partial charge < -0.3 is 0 Å². The first kappa shape index (κ1) is 13.0. The van der Waals surface area contributed by atoms with E-state index in [1.807, 2.05) is 13.0 Å². The standard InChI is InChI=1S/C12H12F2N2OS/c1-7-3-4-9-8(5-7)11(17)16(2)12(15-9)18-6-10(13)14/h3-5,10H,6H2,1-2H3. The number of aryl methyl sites for hydroxylation is 1. The van der Waals surface area contributed by atoms with Crippen molar-refractivity contribution in [3.05, 3.63) is 34.1 Å². The van der Waals surface area contributed by atoms with Crippen molar-refractivity contribution >= 4 is 22.7 Å². The molecule has 0 spiro atoms. The summed E-state index contributed by atoms with van der Waals surface area (Å²) in [5, 5.41) is 0.829. The van der Waals surface area contributed by atoms with E-state index in [0.29, 0.717) is 16.1 Å². The second-order valence-electron chi connectivity index (χ2n) is 3.98.